The van der Waals surface area contributed by atoms with Gasteiger partial charge in [0.25, 0.3) is 0 Å². The fraction of sp³-hybridized carbons (Fsp3) is 0.0769. The summed E-state index contributed by atoms with van der Waals surface area (Å²) < 4.78 is 1.74. The van der Waals surface area contributed by atoms with Crippen molar-refractivity contribution in [1.82, 2.24) is 9.38 Å². The van der Waals surface area contributed by atoms with Crippen molar-refractivity contribution in [3.8, 4) is 0 Å². The normalized spacial score (nSPS) is 11.1. The van der Waals surface area contributed by atoms with Crippen molar-refractivity contribution in [2.45, 2.75) is 6.92 Å². The standard InChI is InChI=1S/C13H10N2O2/c1-8-2-3-10-9(6-8)4-5-15-7-11(13(16)17)14-12(10)15/h2-7H,1H3,(H,16,17). The zero-order valence-electron chi connectivity index (χ0n) is 9.21. The summed E-state index contributed by atoms with van der Waals surface area (Å²) in [5.41, 5.74) is 1.92. The number of aryl methyl sites for hydroxylation is 1. The molecule has 0 aliphatic carbocycles. The molecule has 2 aromatic heterocycles. The van der Waals surface area contributed by atoms with Crippen LogP contribution in [0.1, 0.15) is 16.1 Å². The summed E-state index contributed by atoms with van der Waals surface area (Å²) >= 11 is 0. The van der Waals surface area contributed by atoms with E-state index in [-0.39, 0.29) is 5.69 Å². The molecule has 0 radical (unpaired) electrons. The minimum Gasteiger partial charge on any atom is -0.476 e. The summed E-state index contributed by atoms with van der Waals surface area (Å²) in [6.07, 6.45) is 3.35. The maximum absolute atomic E-state index is 10.9. The fourth-order valence-electron chi connectivity index (χ4n) is 1.99. The molecule has 0 fully saturated rings. The van der Waals surface area contributed by atoms with Crippen molar-refractivity contribution in [1.29, 1.82) is 0 Å². The van der Waals surface area contributed by atoms with E-state index in [0.717, 1.165) is 10.8 Å². The van der Waals surface area contributed by atoms with Crippen LogP contribution in [0.2, 0.25) is 0 Å². The molecule has 3 aromatic rings. The molecule has 2 heterocycles. The molecule has 0 amide bonds. The van der Waals surface area contributed by atoms with Gasteiger partial charge < -0.3 is 9.51 Å². The van der Waals surface area contributed by atoms with Crippen molar-refractivity contribution in [2.75, 3.05) is 0 Å². The quantitative estimate of drug-likeness (QED) is 0.693. The van der Waals surface area contributed by atoms with Crippen molar-refractivity contribution in [3.05, 3.63) is 47.9 Å². The zero-order chi connectivity index (χ0) is 12.0. The maximum Gasteiger partial charge on any atom is 0.356 e. The van der Waals surface area contributed by atoms with Crippen LogP contribution in [0.25, 0.3) is 16.4 Å². The molecule has 0 atom stereocenters. The SMILES string of the molecule is Cc1ccc2c(ccn3cc(C(=O)O)nc23)c1. The Morgan fingerprint density at radius 1 is 1.35 bits per heavy atom. The predicted octanol–water partition coefficient (Wildman–Crippen LogP) is 2.49. The van der Waals surface area contributed by atoms with Crippen LogP contribution in [-0.4, -0.2) is 20.5 Å². The molecule has 0 saturated carbocycles. The Bertz CT molecular complexity index is 744. The molecule has 1 N–H and O–H groups in total. The largest absolute Gasteiger partial charge is 0.476 e. The molecule has 0 aliphatic rings. The number of fused-ring (bicyclic) bond motifs is 3. The number of hydrogen-bond donors (Lipinski definition) is 1. The predicted molar refractivity (Wildman–Crippen MR) is 64.4 cm³/mol. The fourth-order valence-corrected chi connectivity index (χ4v) is 1.99. The van der Waals surface area contributed by atoms with Gasteiger partial charge in [0.2, 0.25) is 0 Å². The van der Waals surface area contributed by atoms with E-state index < -0.39 is 5.97 Å². The van der Waals surface area contributed by atoms with Crippen LogP contribution in [0.4, 0.5) is 0 Å². The van der Waals surface area contributed by atoms with Crippen LogP contribution in [0.3, 0.4) is 0 Å². The molecule has 4 heteroatoms. The smallest absolute Gasteiger partial charge is 0.356 e. The van der Waals surface area contributed by atoms with Crippen molar-refractivity contribution >= 4 is 22.4 Å². The van der Waals surface area contributed by atoms with E-state index in [0.29, 0.717) is 5.65 Å². The average Bonchev–Trinajstić information content (AvgIpc) is 2.72. The van der Waals surface area contributed by atoms with Gasteiger partial charge in [-0.1, -0.05) is 23.8 Å². The van der Waals surface area contributed by atoms with E-state index in [4.69, 9.17) is 5.11 Å². The van der Waals surface area contributed by atoms with E-state index in [1.54, 1.807) is 4.40 Å². The average molecular weight is 226 g/mol. The first-order chi connectivity index (χ1) is 8.15. The molecule has 0 unspecified atom stereocenters. The van der Waals surface area contributed by atoms with E-state index in [9.17, 15) is 4.79 Å². The Labute approximate surface area is 97.1 Å². The molecule has 84 valence electrons. The molecule has 17 heavy (non-hydrogen) atoms. The second-order valence-electron chi connectivity index (χ2n) is 4.07. The molecular formula is C13H10N2O2. The Kier molecular flexibility index (Phi) is 1.92. The van der Waals surface area contributed by atoms with Crippen molar-refractivity contribution in [2.24, 2.45) is 0 Å². The molecule has 0 aliphatic heterocycles. The van der Waals surface area contributed by atoms with Gasteiger partial charge in [0, 0.05) is 17.8 Å². The first-order valence-corrected chi connectivity index (χ1v) is 5.26. The minimum absolute atomic E-state index is 0.0677. The molecule has 0 spiro atoms. The lowest BCUT2D eigenvalue weighted by molar-refractivity contribution is 0.0691. The summed E-state index contributed by atoms with van der Waals surface area (Å²) in [6.45, 7) is 2.03. The second kappa shape index (κ2) is 3.31. The van der Waals surface area contributed by atoms with Crippen molar-refractivity contribution in [3.63, 3.8) is 0 Å². The van der Waals surface area contributed by atoms with E-state index in [2.05, 4.69) is 11.1 Å². The van der Waals surface area contributed by atoms with Crippen molar-refractivity contribution < 1.29 is 9.90 Å². The highest BCUT2D eigenvalue weighted by molar-refractivity contribution is 5.96. The second-order valence-corrected chi connectivity index (χ2v) is 4.07. The third-order valence-corrected chi connectivity index (χ3v) is 2.81. The van der Waals surface area contributed by atoms with Crippen LogP contribution < -0.4 is 0 Å². The topological polar surface area (TPSA) is 54.6 Å². The number of carboxylic acids is 1. The number of aromatic carboxylic acids is 1. The lowest BCUT2D eigenvalue weighted by Gasteiger charge is -2.01. The Morgan fingerprint density at radius 2 is 2.18 bits per heavy atom. The van der Waals surface area contributed by atoms with Gasteiger partial charge in [-0.25, -0.2) is 9.78 Å². The maximum atomic E-state index is 10.9. The minimum atomic E-state index is -1.01. The summed E-state index contributed by atoms with van der Waals surface area (Å²) in [7, 11) is 0. The number of nitrogens with zero attached hydrogens (tertiary/aromatic N) is 2. The molecule has 1 aromatic carbocycles. The molecule has 4 nitrogen and oxygen atoms in total. The summed E-state index contributed by atoms with van der Waals surface area (Å²) in [5, 5.41) is 11.0. The highest BCUT2D eigenvalue weighted by Gasteiger charge is 2.10. The van der Waals surface area contributed by atoms with E-state index in [1.807, 2.05) is 31.3 Å². The summed E-state index contributed by atoms with van der Waals surface area (Å²) in [6, 6.07) is 7.99. The summed E-state index contributed by atoms with van der Waals surface area (Å²) in [4.78, 5) is 15.0. The van der Waals surface area contributed by atoms with E-state index in [1.165, 1.54) is 11.8 Å². The Morgan fingerprint density at radius 3 is 2.94 bits per heavy atom. The Hall–Kier alpha value is -2.36. The monoisotopic (exact) mass is 226 g/mol. The lowest BCUT2D eigenvalue weighted by atomic mass is 10.1. The van der Waals surface area contributed by atoms with Gasteiger partial charge in [0.05, 0.1) is 0 Å². The van der Waals surface area contributed by atoms with Gasteiger partial charge in [-0.2, -0.15) is 0 Å². The highest BCUT2D eigenvalue weighted by Crippen LogP contribution is 2.20. The number of imidazole rings is 1. The van der Waals surface area contributed by atoms with Crippen LogP contribution in [-0.2, 0) is 0 Å². The Balaban J connectivity index is 2.42. The molecule has 0 saturated heterocycles. The zero-order valence-corrected chi connectivity index (χ0v) is 9.21. The number of benzene rings is 1. The number of carbonyl (C=O) groups is 1. The van der Waals surface area contributed by atoms with Crippen LogP contribution in [0.5, 0.6) is 0 Å². The number of rotatable bonds is 1. The number of aromatic nitrogens is 2. The first-order valence-electron chi connectivity index (χ1n) is 5.26. The summed E-state index contributed by atoms with van der Waals surface area (Å²) in [5.74, 6) is -1.01. The highest BCUT2D eigenvalue weighted by atomic mass is 16.4. The third-order valence-electron chi connectivity index (χ3n) is 2.81. The molecule has 0 bridgehead atoms. The number of hydrogen-bond acceptors (Lipinski definition) is 2. The van der Waals surface area contributed by atoms with Gasteiger partial charge in [-0.3, -0.25) is 0 Å². The van der Waals surface area contributed by atoms with Gasteiger partial charge >= 0.3 is 5.97 Å². The van der Waals surface area contributed by atoms with E-state index >= 15 is 0 Å². The van der Waals surface area contributed by atoms with Gasteiger partial charge in [-0.05, 0) is 18.4 Å². The number of carboxylic acid groups (broad SMARTS) is 1. The van der Waals surface area contributed by atoms with Gasteiger partial charge in [0.1, 0.15) is 5.65 Å². The third kappa shape index (κ3) is 1.45. The molecular weight excluding hydrogens is 216 g/mol. The van der Waals surface area contributed by atoms with Gasteiger partial charge in [0.15, 0.2) is 5.69 Å². The van der Waals surface area contributed by atoms with Crippen LogP contribution in [0.15, 0.2) is 36.7 Å². The molecule has 3 rings (SSSR count). The van der Waals surface area contributed by atoms with Gasteiger partial charge in [-0.15, -0.1) is 0 Å². The van der Waals surface area contributed by atoms with Crippen LogP contribution in [0, 0.1) is 6.92 Å². The lowest BCUT2D eigenvalue weighted by Crippen LogP contribution is -1.94. The number of pyridine rings is 1. The first kappa shape index (κ1) is 9.84. The van der Waals surface area contributed by atoms with Crippen LogP contribution >= 0.6 is 0 Å².